The van der Waals surface area contributed by atoms with Gasteiger partial charge in [-0.05, 0) is 60.3 Å². The first kappa shape index (κ1) is 15.8. The molecule has 19 heavy (non-hydrogen) atoms. The minimum absolute atomic E-state index is 0.324. The molecule has 0 bridgehead atoms. The molecular formula is C14H22BrClN2S. The molecule has 0 aromatic carbocycles. The van der Waals surface area contributed by atoms with Gasteiger partial charge in [-0.2, -0.15) is 0 Å². The predicted octanol–water partition coefficient (Wildman–Crippen LogP) is 4.68. The van der Waals surface area contributed by atoms with E-state index < -0.39 is 0 Å². The monoisotopic (exact) mass is 364 g/mol. The fourth-order valence-electron chi connectivity index (χ4n) is 2.88. The molecule has 1 aliphatic rings. The molecule has 2 unspecified atom stereocenters. The lowest BCUT2D eigenvalue weighted by Crippen LogP contribution is -2.34. The van der Waals surface area contributed by atoms with Gasteiger partial charge in [0.15, 0.2) is 0 Å². The van der Waals surface area contributed by atoms with Gasteiger partial charge >= 0.3 is 0 Å². The van der Waals surface area contributed by atoms with Gasteiger partial charge in [0.1, 0.15) is 4.34 Å². The van der Waals surface area contributed by atoms with Crippen molar-refractivity contribution < 1.29 is 0 Å². The Bertz CT molecular complexity index is 391. The molecular weight excluding hydrogens is 344 g/mol. The van der Waals surface area contributed by atoms with Gasteiger partial charge in [-0.15, -0.1) is 11.3 Å². The van der Waals surface area contributed by atoms with Crippen LogP contribution >= 0.6 is 38.9 Å². The molecule has 2 N–H and O–H groups in total. The van der Waals surface area contributed by atoms with Crippen LogP contribution in [0.4, 0.5) is 0 Å². The fraction of sp³-hybridized carbons (Fsp3) is 0.714. The number of likely N-dealkylation sites (tertiary alicyclic amines) is 1. The van der Waals surface area contributed by atoms with Crippen molar-refractivity contribution in [3.63, 3.8) is 0 Å². The van der Waals surface area contributed by atoms with Gasteiger partial charge in [-0.3, -0.25) is 4.90 Å². The van der Waals surface area contributed by atoms with Crippen LogP contribution in [-0.2, 0) is 0 Å². The summed E-state index contributed by atoms with van der Waals surface area (Å²) in [5.74, 6) is 0.891. The SMILES string of the molecule is CCC1CCCN(C(CN)c2cc(Br)c(Cl)s2)CC1. The van der Waals surface area contributed by atoms with Gasteiger partial charge in [-0.25, -0.2) is 0 Å². The molecule has 1 aliphatic heterocycles. The largest absolute Gasteiger partial charge is 0.329 e. The summed E-state index contributed by atoms with van der Waals surface area (Å²) in [7, 11) is 0. The normalized spacial score (nSPS) is 23.3. The van der Waals surface area contributed by atoms with E-state index >= 15 is 0 Å². The van der Waals surface area contributed by atoms with Crippen molar-refractivity contribution in [1.29, 1.82) is 0 Å². The van der Waals surface area contributed by atoms with Gasteiger partial charge in [0.05, 0.1) is 6.04 Å². The Balaban J connectivity index is 2.08. The summed E-state index contributed by atoms with van der Waals surface area (Å²) in [6.45, 7) is 5.29. The van der Waals surface area contributed by atoms with Gasteiger partial charge in [0.2, 0.25) is 0 Å². The number of rotatable bonds is 4. The Morgan fingerprint density at radius 1 is 1.53 bits per heavy atom. The zero-order valence-electron chi connectivity index (χ0n) is 11.4. The Labute approximate surface area is 133 Å². The van der Waals surface area contributed by atoms with E-state index in [0.29, 0.717) is 12.6 Å². The maximum atomic E-state index is 6.16. The molecule has 1 aromatic rings. The molecule has 108 valence electrons. The first-order valence-electron chi connectivity index (χ1n) is 7.04. The molecule has 2 rings (SSSR count). The Morgan fingerprint density at radius 3 is 2.89 bits per heavy atom. The van der Waals surface area contributed by atoms with Crippen molar-refractivity contribution in [2.45, 2.75) is 38.6 Å². The molecule has 0 radical (unpaired) electrons. The van der Waals surface area contributed by atoms with Crippen LogP contribution in [0.3, 0.4) is 0 Å². The van der Waals surface area contributed by atoms with Gasteiger partial charge in [0, 0.05) is 15.9 Å². The van der Waals surface area contributed by atoms with Crippen LogP contribution in [0, 0.1) is 5.92 Å². The van der Waals surface area contributed by atoms with Gasteiger partial charge in [-0.1, -0.05) is 24.9 Å². The van der Waals surface area contributed by atoms with E-state index in [1.54, 1.807) is 11.3 Å². The summed E-state index contributed by atoms with van der Waals surface area (Å²) in [6, 6.07) is 2.46. The van der Waals surface area contributed by atoms with E-state index in [9.17, 15) is 0 Å². The average Bonchev–Trinajstić information content (AvgIpc) is 2.63. The molecule has 1 fully saturated rings. The first-order valence-corrected chi connectivity index (χ1v) is 9.03. The highest BCUT2D eigenvalue weighted by Crippen LogP contribution is 2.37. The van der Waals surface area contributed by atoms with Crippen LogP contribution in [0.1, 0.15) is 43.5 Å². The van der Waals surface area contributed by atoms with Crippen molar-refractivity contribution in [2.24, 2.45) is 11.7 Å². The molecule has 2 atom stereocenters. The minimum Gasteiger partial charge on any atom is -0.329 e. The second-order valence-corrected chi connectivity index (χ2v) is 7.80. The fourth-order valence-corrected chi connectivity index (χ4v) is 4.76. The molecule has 1 aromatic heterocycles. The van der Waals surface area contributed by atoms with E-state index in [-0.39, 0.29) is 0 Å². The van der Waals surface area contributed by atoms with Crippen molar-refractivity contribution >= 4 is 38.9 Å². The second-order valence-electron chi connectivity index (χ2n) is 5.26. The molecule has 0 spiro atoms. The first-order chi connectivity index (χ1) is 9.15. The van der Waals surface area contributed by atoms with Crippen LogP contribution in [0.25, 0.3) is 0 Å². The lowest BCUT2D eigenvalue weighted by molar-refractivity contribution is 0.209. The number of nitrogens with two attached hydrogens (primary N) is 1. The third-order valence-corrected chi connectivity index (χ3v) is 6.69. The minimum atomic E-state index is 0.324. The molecule has 0 saturated carbocycles. The van der Waals surface area contributed by atoms with Crippen LogP contribution in [0.15, 0.2) is 10.5 Å². The zero-order chi connectivity index (χ0) is 13.8. The molecule has 2 nitrogen and oxygen atoms in total. The van der Waals surface area contributed by atoms with Crippen LogP contribution in [0.2, 0.25) is 4.34 Å². The molecule has 0 aliphatic carbocycles. The van der Waals surface area contributed by atoms with Gasteiger partial charge in [0.25, 0.3) is 0 Å². The number of hydrogen-bond acceptors (Lipinski definition) is 3. The molecule has 0 amide bonds. The van der Waals surface area contributed by atoms with Crippen LogP contribution in [0.5, 0.6) is 0 Å². The maximum absolute atomic E-state index is 6.16. The molecule has 2 heterocycles. The van der Waals surface area contributed by atoms with E-state index in [4.69, 9.17) is 17.3 Å². The number of halogens is 2. The highest BCUT2D eigenvalue weighted by molar-refractivity contribution is 9.10. The van der Waals surface area contributed by atoms with Crippen molar-refractivity contribution in [1.82, 2.24) is 4.90 Å². The third kappa shape index (κ3) is 3.94. The lowest BCUT2D eigenvalue weighted by Gasteiger charge is -2.29. The number of hydrogen-bond donors (Lipinski definition) is 1. The zero-order valence-corrected chi connectivity index (χ0v) is 14.5. The Kier molecular flexibility index (Phi) is 6.15. The summed E-state index contributed by atoms with van der Waals surface area (Å²) in [4.78, 5) is 3.83. The standard InChI is InChI=1S/C14H22BrClN2S/c1-2-10-4-3-6-18(7-5-10)12(9-17)13-8-11(15)14(16)19-13/h8,10,12H,2-7,9,17H2,1H3. The smallest absolute Gasteiger partial charge is 0.107 e. The summed E-state index contributed by atoms with van der Waals surface area (Å²) in [5, 5.41) is 0. The highest BCUT2D eigenvalue weighted by atomic mass is 79.9. The maximum Gasteiger partial charge on any atom is 0.107 e. The average molecular weight is 366 g/mol. The Morgan fingerprint density at radius 2 is 2.32 bits per heavy atom. The second kappa shape index (κ2) is 7.41. The molecule has 5 heteroatoms. The molecule has 1 saturated heterocycles. The van der Waals surface area contributed by atoms with E-state index in [1.807, 2.05) is 0 Å². The summed E-state index contributed by atoms with van der Waals surface area (Å²) < 4.78 is 1.82. The highest BCUT2D eigenvalue weighted by Gasteiger charge is 2.24. The van der Waals surface area contributed by atoms with E-state index in [0.717, 1.165) is 27.8 Å². The van der Waals surface area contributed by atoms with Crippen LogP contribution < -0.4 is 5.73 Å². The van der Waals surface area contributed by atoms with Gasteiger partial charge < -0.3 is 5.73 Å². The summed E-state index contributed by atoms with van der Waals surface area (Å²) in [6.07, 6.45) is 5.25. The third-order valence-electron chi connectivity index (χ3n) is 4.12. The van der Waals surface area contributed by atoms with E-state index in [2.05, 4.69) is 33.8 Å². The van der Waals surface area contributed by atoms with Crippen molar-refractivity contribution in [3.05, 3.63) is 19.8 Å². The van der Waals surface area contributed by atoms with E-state index in [1.165, 1.54) is 30.6 Å². The van der Waals surface area contributed by atoms with Crippen LogP contribution in [-0.4, -0.2) is 24.5 Å². The Hall–Kier alpha value is 0.390. The van der Waals surface area contributed by atoms with Crippen molar-refractivity contribution in [3.8, 4) is 0 Å². The summed E-state index contributed by atoms with van der Waals surface area (Å²) >= 11 is 11.3. The predicted molar refractivity (Wildman–Crippen MR) is 88.0 cm³/mol. The number of thiophene rings is 1. The number of nitrogens with zero attached hydrogens (tertiary/aromatic N) is 1. The van der Waals surface area contributed by atoms with Crippen molar-refractivity contribution in [2.75, 3.05) is 19.6 Å². The topological polar surface area (TPSA) is 29.3 Å². The quantitative estimate of drug-likeness (QED) is 0.839. The summed E-state index contributed by atoms with van der Waals surface area (Å²) in [5.41, 5.74) is 6.02. The lowest BCUT2D eigenvalue weighted by atomic mass is 9.98.